The van der Waals surface area contributed by atoms with Crippen LogP contribution in [0.15, 0.2) is 17.0 Å². The number of hydrogen-bond acceptors (Lipinski definition) is 3. The highest BCUT2D eigenvalue weighted by atomic mass is 32.2. The van der Waals surface area contributed by atoms with E-state index >= 15 is 0 Å². The Hall–Kier alpha value is -1.21. The van der Waals surface area contributed by atoms with Crippen molar-refractivity contribution in [2.24, 2.45) is 5.92 Å². The third kappa shape index (κ3) is 2.93. The van der Waals surface area contributed by atoms with Crippen LogP contribution in [-0.4, -0.2) is 14.5 Å². The zero-order chi connectivity index (χ0) is 14.9. The Balaban J connectivity index is 2.24. The van der Waals surface area contributed by atoms with Crippen LogP contribution in [0, 0.1) is 17.6 Å². The van der Waals surface area contributed by atoms with Crippen LogP contribution < -0.4 is 10.5 Å². The summed E-state index contributed by atoms with van der Waals surface area (Å²) in [6.45, 7) is 1.76. The lowest BCUT2D eigenvalue weighted by Crippen LogP contribution is -2.37. The molecular weight excluding hydrogens is 286 g/mol. The molecule has 0 aliphatic heterocycles. The molecule has 112 valence electrons. The highest BCUT2D eigenvalue weighted by Crippen LogP contribution is 2.29. The second-order valence-corrected chi connectivity index (χ2v) is 6.91. The van der Waals surface area contributed by atoms with Crippen molar-refractivity contribution in [2.75, 3.05) is 5.73 Å². The van der Waals surface area contributed by atoms with Crippen molar-refractivity contribution in [3.05, 3.63) is 23.8 Å². The second-order valence-electron chi connectivity index (χ2n) is 5.23. The van der Waals surface area contributed by atoms with E-state index < -0.39 is 32.2 Å². The molecule has 1 atom stereocenters. The van der Waals surface area contributed by atoms with Gasteiger partial charge in [0, 0.05) is 6.04 Å². The summed E-state index contributed by atoms with van der Waals surface area (Å²) < 4.78 is 53.6. The quantitative estimate of drug-likeness (QED) is 0.839. The van der Waals surface area contributed by atoms with Gasteiger partial charge in [0.2, 0.25) is 10.0 Å². The first-order valence-electron chi connectivity index (χ1n) is 6.58. The predicted molar refractivity (Wildman–Crippen MR) is 72.5 cm³/mol. The number of nitrogens with two attached hydrogens (primary N) is 1. The van der Waals surface area contributed by atoms with E-state index in [2.05, 4.69) is 4.72 Å². The number of rotatable bonds is 4. The van der Waals surface area contributed by atoms with Gasteiger partial charge < -0.3 is 5.73 Å². The molecule has 1 saturated carbocycles. The number of nitrogen functional groups attached to an aromatic ring is 1. The van der Waals surface area contributed by atoms with Gasteiger partial charge in [-0.15, -0.1) is 0 Å². The van der Waals surface area contributed by atoms with E-state index in [0.717, 1.165) is 37.8 Å². The average Bonchev–Trinajstić information content (AvgIpc) is 2.89. The molecule has 1 unspecified atom stereocenters. The van der Waals surface area contributed by atoms with Crippen LogP contribution in [0.3, 0.4) is 0 Å². The van der Waals surface area contributed by atoms with Crippen LogP contribution in [-0.2, 0) is 10.0 Å². The minimum Gasteiger partial charge on any atom is -0.394 e. The first-order chi connectivity index (χ1) is 9.33. The van der Waals surface area contributed by atoms with Gasteiger partial charge in [-0.2, -0.15) is 0 Å². The topological polar surface area (TPSA) is 72.2 Å². The first kappa shape index (κ1) is 15.2. The van der Waals surface area contributed by atoms with E-state index in [-0.39, 0.29) is 12.0 Å². The molecule has 3 N–H and O–H groups in total. The van der Waals surface area contributed by atoms with Crippen LogP contribution in [0.1, 0.15) is 32.6 Å². The van der Waals surface area contributed by atoms with Gasteiger partial charge in [0.05, 0.1) is 0 Å². The van der Waals surface area contributed by atoms with Crippen LogP contribution in [0.4, 0.5) is 14.5 Å². The van der Waals surface area contributed by atoms with Crippen molar-refractivity contribution in [1.29, 1.82) is 0 Å². The summed E-state index contributed by atoms with van der Waals surface area (Å²) in [6.07, 6.45) is 4.07. The number of halogens is 2. The average molecular weight is 304 g/mol. The first-order valence-corrected chi connectivity index (χ1v) is 8.07. The van der Waals surface area contributed by atoms with Crippen molar-refractivity contribution in [3.8, 4) is 0 Å². The Morgan fingerprint density at radius 3 is 2.50 bits per heavy atom. The summed E-state index contributed by atoms with van der Waals surface area (Å²) in [5, 5.41) is 0. The van der Waals surface area contributed by atoms with E-state index in [4.69, 9.17) is 5.73 Å². The molecular formula is C13H18F2N2O2S. The monoisotopic (exact) mass is 304 g/mol. The summed E-state index contributed by atoms with van der Waals surface area (Å²) >= 11 is 0. The maximum absolute atomic E-state index is 13.8. The van der Waals surface area contributed by atoms with Gasteiger partial charge in [-0.05, 0) is 37.8 Å². The molecule has 7 heteroatoms. The Bertz CT molecular complexity index is 599. The lowest BCUT2D eigenvalue weighted by atomic mass is 10.0. The van der Waals surface area contributed by atoms with E-state index in [9.17, 15) is 17.2 Å². The fourth-order valence-corrected chi connectivity index (χ4v) is 4.02. The van der Waals surface area contributed by atoms with E-state index in [1.807, 2.05) is 0 Å². The molecule has 2 rings (SSSR count). The van der Waals surface area contributed by atoms with Gasteiger partial charge in [0.1, 0.15) is 16.4 Å². The molecule has 0 radical (unpaired) electrons. The number of sulfonamides is 1. The molecule has 0 heterocycles. The Morgan fingerprint density at radius 1 is 1.30 bits per heavy atom. The molecule has 4 nitrogen and oxygen atoms in total. The van der Waals surface area contributed by atoms with Gasteiger partial charge in [0.25, 0.3) is 0 Å². The van der Waals surface area contributed by atoms with Crippen molar-refractivity contribution in [2.45, 2.75) is 43.5 Å². The number of hydrogen-bond donors (Lipinski definition) is 2. The lowest BCUT2D eigenvalue weighted by molar-refractivity contribution is 0.422. The normalized spacial score (nSPS) is 18.4. The molecule has 1 aliphatic rings. The van der Waals surface area contributed by atoms with Crippen molar-refractivity contribution < 1.29 is 17.2 Å². The van der Waals surface area contributed by atoms with Gasteiger partial charge in [-0.3, -0.25) is 0 Å². The summed E-state index contributed by atoms with van der Waals surface area (Å²) in [4.78, 5) is -0.610. The molecule has 20 heavy (non-hydrogen) atoms. The smallest absolute Gasteiger partial charge is 0.243 e. The largest absolute Gasteiger partial charge is 0.394 e. The summed E-state index contributed by atoms with van der Waals surface area (Å²) in [5.74, 6) is -1.95. The van der Waals surface area contributed by atoms with Gasteiger partial charge in [-0.1, -0.05) is 12.8 Å². The molecule has 1 aromatic rings. The van der Waals surface area contributed by atoms with Gasteiger partial charge >= 0.3 is 0 Å². The SMILES string of the molecule is CC(NS(=O)(=O)c1ccc(F)c(N)c1F)C1CCCC1. The van der Waals surface area contributed by atoms with Crippen LogP contribution in [0.2, 0.25) is 0 Å². The Kier molecular flexibility index (Phi) is 4.29. The maximum Gasteiger partial charge on any atom is 0.243 e. The molecule has 0 spiro atoms. The molecule has 0 amide bonds. The molecule has 0 aromatic heterocycles. The van der Waals surface area contributed by atoms with Crippen LogP contribution in [0.25, 0.3) is 0 Å². The minimum atomic E-state index is -4.04. The molecule has 1 fully saturated rings. The zero-order valence-electron chi connectivity index (χ0n) is 11.2. The summed E-state index contributed by atoms with van der Waals surface area (Å²) in [6, 6.07) is 1.46. The van der Waals surface area contributed by atoms with Crippen LogP contribution >= 0.6 is 0 Å². The van der Waals surface area contributed by atoms with Crippen molar-refractivity contribution in [1.82, 2.24) is 4.72 Å². The van der Waals surface area contributed by atoms with Gasteiger partial charge in [-0.25, -0.2) is 21.9 Å². The highest BCUT2D eigenvalue weighted by Gasteiger charge is 2.28. The summed E-state index contributed by atoms with van der Waals surface area (Å²) in [5.41, 5.74) is 4.41. The third-order valence-electron chi connectivity index (χ3n) is 3.83. The zero-order valence-corrected chi connectivity index (χ0v) is 12.0. The number of nitrogens with one attached hydrogen (secondary N) is 1. The highest BCUT2D eigenvalue weighted by molar-refractivity contribution is 7.89. The fourth-order valence-electron chi connectivity index (χ4n) is 2.62. The van der Waals surface area contributed by atoms with Gasteiger partial charge in [0.15, 0.2) is 5.82 Å². The molecule has 1 aliphatic carbocycles. The molecule has 1 aromatic carbocycles. The maximum atomic E-state index is 13.8. The standard InChI is InChI=1S/C13H18F2N2O2S/c1-8(9-4-2-3-5-9)17-20(18,19)11-7-6-10(14)13(16)12(11)15/h6-9,17H,2-5,16H2,1H3. The number of anilines is 1. The molecule has 0 saturated heterocycles. The van der Waals surface area contributed by atoms with Crippen LogP contribution in [0.5, 0.6) is 0 Å². The molecule has 0 bridgehead atoms. The lowest BCUT2D eigenvalue weighted by Gasteiger charge is -2.20. The van der Waals surface area contributed by atoms with E-state index in [1.165, 1.54) is 0 Å². The predicted octanol–water partition coefficient (Wildman–Crippen LogP) is 2.40. The van der Waals surface area contributed by atoms with E-state index in [1.54, 1.807) is 6.92 Å². The van der Waals surface area contributed by atoms with E-state index in [0.29, 0.717) is 0 Å². The second kappa shape index (κ2) is 5.65. The Labute approximate surface area is 117 Å². The third-order valence-corrected chi connectivity index (χ3v) is 5.41. The Morgan fingerprint density at radius 2 is 1.90 bits per heavy atom. The van der Waals surface area contributed by atoms with Crippen molar-refractivity contribution in [3.63, 3.8) is 0 Å². The minimum absolute atomic E-state index is 0.255. The fraction of sp³-hybridized carbons (Fsp3) is 0.538. The van der Waals surface area contributed by atoms with Crippen molar-refractivity contribution >= 4 is 15.7 Å². The summed E-state index contributed by atoms with van der Waals surface area (Å²) in [7, 11) is -4.04. The number of benzene rings is 1.